The molecule has 0 radical (unpaired) electrons. The molecule has 0 aliphatic carbocycles. The molecule has 146 valence electrons. The Labute approximate surface area is 165 Å². The van der Waals surface area contributed by atoms with E-state index in [9.17, 15) is 9.59 Å². The van der Waals surface area contributed by atoms with Gasteiger partial charge in [-0.2, -0.15) is 0 Å². The van der Waals surface area contributed by atoms with Crippen molar-refractivity contribution in [2.45, 2.75) is 31.0 Å². The highest BCUT2D eigenvalue weighted by atomic mass is 16.5. The van der Waals surface area contributed by atoms with Gasteiger partial charge in [0.1, 0.15) is 6.04 Å². The van der Waals surface area contributed by atoms with Crippen LogP contribution in [0.5, 0.6) is 0 Å². The van der Waals surface area contributed by atoms with Crippen molar-refractivity contribution in [3.05, 3.63) is 66.2 Å². The second-order valence-corrected chi connectivity index (χ2v) is 7.39. The molecule has 1 N–H and O–H groups in total. The van der Waals surface area contributed by atoms with Gasteiger partial charge in [-0.3, -0.25) is 4.79 Å². The van der Waals surface area contributed by atoms with E-state index in [2.05, 4.69) is 5.32 Å². The molecule has 0 unspecified atom stereocenters. The van der Waals surface area contributed by atoms with E-state index < -0.39 is 6.04 Å². The van der Waals surface area contributed by atoms with Crippen molar-refractivity contribution < 1.29 is 14.3 Å². The van der Waals surface area contributed by atoms with E-state index in [4.69, 9.17) is 4.74 Å². The van der Waals surface area contributed by atoms with Crippen LogP contribution >= 0.6 is 0 Å². The Morgan fingerprint density at radius 1 is 1.07 bits per heavy atom. The number of methoxy groups -OCH3 is 1. The van der Waals surface area contributed by atoms with Gasteiger partial charge in [0.2, 0.25) is 5.91 Å². The second kappa shape index (κ2) is 8.02. The third-order valence-electron chi connectivity index (χ3n) is 5.62. The molecule has 2 heterocycles. The lowest BCUT2D eigenvalue weighted by molar-refractivity contribution is -0.141. The van der Waals surface area contributed by atoms with Crippen molar-refractivity contribution in [2.75, 3.05) is 25.5 Å². The first-order chi connectivity index (χ1) is 13.7. The third-order valence-corrected chi connectivity index (χ3v) is 5.62. The number of rotatable bonds is 4. The van der Waals surface area contributed by atoms with E-state index >= 15 is 0 Å². The first kappa shape index (κ1) is 18.5. The van der Waals surface area contributed by atoms with Crippen LogP contribution in [0.3, 0.4) is 0 Å². The van der Waals surface area contributed by atoms with Gasteiger partial charge in [-0.05, 0) is 24.1 Å². The predicted molar refractivity (Wildman–Crippen MR) is 107 cm³/mol. The second-order valence-electron chi connectivity index (χ2n) is 7.39. The van der Waals surface area contributed by atoms with Gasteiger partial charge in [0.25, 0.3) is 0 Å². The molecule has 4 rings (SSSR count). The summed E-state index contributed by atoms with van der Waals surface area (Å²) in [5.74, 6) is 0.00265. The van der Waals surface area contributed by atoms with Gasteiger partial charge < -0.3 is 19.9 Å². The minimum atomic E-state index is -0.516. The van der Waals surface area contributed by atoms with Gasteiger partial charge in [0.05, 0.1) is 12.1 Å². The van der Waals surface area contributed by atoms with Crippen LogP contribution < -0.4 is 5.32 Å². The normalized spacial score (nSPS) is 24.2. The van der Waals surface area contributed by atoms with Crippen LogP contribution in [0.15, 0.2) is 60.7 Å². The standard InChI is InChI=1S/C22H25N3O3/c1-28-19-13-18-14-25(22(27)23-17-10-6-3-7-11-17)20(21(26)24(18)15-19)12-16-8-4-2-5-9-16/h2-11,18-20H,12-15H2,1H3,(H,23,27)/t18-,19-,20-/m0/s1. The predicted octanol–water partition coefficient (Wildman–Crippen LogP) is 2.76. The summed E-state index contributed by atoms with van der Waals surface area (Å²) in [6.07, 6.45) is 1.29. The lowest BCUT2D eigenvalue weighted by Crippen LogP contribution is -2.62. The zero-order valence-corrected chi connectivity index (χ0v) is 16.0. The van der Waals surface area contributed by atoms with Crippen molar-refractivity contribution in [3.8, 4) is 0 Å². The minimum absolute atomic E-state index is 0.00265. The molecule has 6 nitrogen and oxygen atoms in total. The molecule has 0 bridgehead atoms. The summed E-state index contributed by atoms with van der Waals surface area (Å²) in [4.78, 5) is 29.9. The highest BCUT2D eigenvalue weighted by Gasteiger charge is 2.47. The number of benzene rings is 2. The summed E-state index contributed by atoms with van der Waals surface area (Å²) in [6, 6.07) is 18.4. The molecule has 2 aromatic rings. The summed E-state index contributed by atoms with van der Waals surface area (Å²) in [7, 11) is 1.68. The van der Waals surface area contributed by atoms with E-state index in [1.807, 2.05) is 65.6 Å². The Morgan fingerprint density at radius 3 is 2.43 bits per heavy atom. The maximum absolute atomic E-state index is 13.3. The SMILES string of the molecule is CO[C@H]1C[C@H]2CN(C(=O)Nc3ccccc3)[C@@H](Cc3ccccc3)C(=O)N2C1. The number of hydrogen-bond donors (Lipinski definition) is 1. The van der Waals surface area contributed by atoms with Crippen LogP contribution in [0.1, 0.15) is 12.0 Å². The number of hydrogen-bond acceptors (Lipinski definition) is 3. The Kier molecular flexibility index (Phi) is 5.30. The monoisotopic (exact) mass is 379 g/mol. The number of para-hydroxylation sites is 1. The van der Waals surface area contributed by atoms with Crippen LogP contribution in [0.25, 0.3) is 0 Å². The number of nitrogens with one attached hydrogen (secondary N) is 1. The summed E-state index contributed by atoms with van der Waals surface area (Å²) in [5.41, 5.74) is 1.77. The van der Waals surface area contributed by atoms with Gasteiger partial charge in [-0.25, -0.2) is 4.79 Å². The fourth-order valence-electron chi connectivity index (χ4n) is 4.14. The molecule has 2 fully saturated rings. The number of carbonyl (C=O) groups is 2. The van der Waals surface area contributed by atoms with E-state index in [1.165, 1.54) is 0 Å². The molecule has 6 heteroatoms. The zero-order chi connectivity index (χ0) is 19.5. The number of urea groups is 1. The van der Waals surface area contributed by atoms with E-state index in [1.54, 1.807) is 12.0 Å². The lowest BCUT2D eigenvalue weighted by Gasteiger charge is -2.42. The summed E-state index contributed by atoms with van der Waals surface area (Å²) < 4.78 is 5.48. The number of fused-ring (bicyclic) bond motifs is 1. The molecular weight excluding hydrogens is 354 g/mol. The molecule has 2 aliphatic rings. The highest BCUT2D eigenvalue weighted by molar-refractivity contribution is 5.95. The van der Waals surface area contributed by atoms with Crippen molar-refractivity contribution in [1.29, 1.82) is 0 Å². The lowest BCUT2D eigenvalue weighted by atomic mass is 9.99. The molecule has 2 saturated heterocycles. The summed E-state index contributed by atoms with van der Waals surface area (Å²) >= 11 is 0. The first-order valence-corrected chi connectivity index (χ1v) is 9.65. The molecule has 0 spiro atoms. The van der Waals surface area contributed by atoms with E-state index in [-0.39, 0.29) is 24.1 Å². The molecule has 2 aromatic carbocycles. The molecular formula is C22H25N3O3. The molecule has 28 heavy (non-hydrogen) atoms. The van der Waals surface area contributed by atoms with Crippen LogP contribution in [-0.2, 0) is 16.0 Å². The molecule has 3 amide bonds. The van der Waals surface area contributed by atoms with Crippen LogP contribution in [0, 0.1) is 0 Å². The van der Waals surface area contributed by atoms with E-state index in [0.717, 1.165) is 17.7 Å². The average Bonchev–Trinajstić information content (AvgIpc) is 3.15. The fourth-order valence-corrected chi connectivity index (χ4v) is 4.14. The number of carbonyl (C=O) groups excluding carboxylic acids is 2. The van der Waals surface area contributed by atoms with E-state index in [0.29, 0.717) is 19.5 Å². The highest BCUT2D eigenvalue weighted by Crippen LogP contribution is 2.29. The van der Waals surface area contributed by atoms with Gasteiger partial charge in [-0.1, -0.05) is 48.5 Å². The Morgan fingerprint density at radius 2 is 1.75 bits per heavy atom. The Balaban J connectivity index is 1.58. The fraction of sp³-hybridized carbons (Fsp3) is 0.364. The molecule has 3 atom stereocenters. The van der Waals surface area contributed by atoms with Crippen molar-refractivity contribution >= 4 is 17.6 Å². The van der Waals surface area contributed by atoms with Gasteiger partial charge in [-0.15, -0.1) is 0 Å². The number of amides is 3. The van der Waals surface area contributed by atoms with Gasteiger partial charge >= 0.3 is 6.03 Å². The Hall–Kier alpha value is -2.86. The number of anilines is 1. The summed E-state index contributed by atoms with van der Waals surface area (Å²) in [6.45, 7) is 1.11. The molecule has 2 aliphatic heterocycles. The maximum atomic E-state index is 13.3. The summed E-state index contributed by atoms with van der Waals surface area (Å²) in [5, 5.41) is 2.94. The van der Waals surface area contributed by atoms with Crippen molar-refractivity contribution in [1.82, 2.24) is 9.80 Å². The van der Waals surface area contributed by atoms with Crippen LogP contribution in [0.2, 0.25) is 0 Å². The number of piperazine rings is 1. The Bertz CT molecular complexity index is 827. The maximum Gasteiger partial charge on any atom is 0.322 e. The number of ether oxygens (including phenoxy) is 1. The smallest absolute Gasteiger partial charge is 0.322 e. The van der Waals surface area contributed by atoms with Crippen molar-refractivity contribution in [3.63, 3.8) is 0 Å². The average molecular weight is 379 g/mol. The van der Waals surface area contributed by atoms with Gasteiger partial charge in [0.15, 0.2) is 0 Å². The zero-order valence-electron chi connectivity index (χ0n) is 16.0. The quantitative estimate of drug-likeness (QED) is 0.889. The van der Waals surface area contributed by atoms with Gasteiger partial charge in [0, 0.05) is 32.3 Å². The molecule has 0 saturated carbocycles. The minimum Gasteiger partial charge on any atom is -0.380 e. The van der Waals surface area contributed by atoms with Crippen LogP contribution in [0.4, 0.5) is 10.5 Å². The molecule has 0 aromatic heterocycles. The number of nitrogens with zero attached hydrogens (tertiary/aromatic N) is 2. The van der Waals surface area contributed by atoms with Crippen molar-refractivity contribution in [2.24, 2.45) is 0 Å². The third kappa shape index (κ3) is 3.73. The topological polar surface area (TPSA) is 61.9 Å². The largest absolute Gasteiger partial charge is 0.380 e. The van der Waals surface area contributed by atoms with Crippen LogP contribution in [-0.4, -0.2) is 60.1 Å². The first-order valence-electron chi connectivity index (χ1n) is 9.65.